The lowest BCUT2D eigenvalue weighted by Gasteiger charge is -2.06. The number of rotatable bonds is 6. The average molecular weight is 281 g/mol. The van der Waals surface area contributed by atoms with E-state index in [1.165, 1.54) is 12.1 Å². The number of hydrogen-bond donors (Lipinski definition) is 1. The molecule has 1 N–H and O–H groups in total. The maximum atomic E-state index is 11.8. The fourth-order valence-electron chi connectivity index (χ4n) is 1.45. The number of hydrogen-bond acceptors (Lipinski definition) is 3. The predicted molar refractivity (Wildman–Crippen MR) is 73.1 cm³/mol. The van der Waals surface area contributed by atoms with E-state index in [9.17, 15) is 14.9 Å². The molecule has 0 aliphatic heterocycles. The topological polar surface area (TPSA) is 72.2 Å². The van der Waals surface area contributed by atoms with Crippen LogP contribution in [0.5, 0.6) is 0 Å². The molecule has 0 fully saturated rings. The van der Waals surface area contributed by atoms with Crippen molar-refractivity contribution >= 4 is 23.2 Å². The molecule has 5 nitrogen and oxygen atoms in total. The van der Waals surface area contributed by atoms with Crippen molar-refractivity contribution in [2.75, 3.05) is 6.54 Å². The van der Waals surface area contributed by atoms with Crippen LogP contribution in [0.25, 0.3) is 0 Å². The summed E-state index contributed by atoms with van der Waals surface area (Å²) < 4.78 is 0. The molecule has 0 saturated heterocycles. The van der Waals surface area contributed by atoms with Crippen molar-refractivity contribution in [1.29, 1.82) is 0 Å². The van der Waals surface area contributed by atoms with Gasteiger partial charge in [0.25, 0.3) is 11.6 Å². The zero-order valence-corrected chi connectivity index (χ0v) is 10.9. The summed E-state index contributed by atoms with van der Waals surface area (Å²) in [7, 11) is 0. The summed E-state index contributed by atoms with van der Waals surface area (Å²) >= 11 is 5.84. The van der Waals surface area contributed by atoms with Crippen molar-refractivity contribution < 1.29 is 9.72 Å². The van der Waals surface area contributed by atoms with Gasteiger partial charge in [-0.2, -0.15) is 0 Å². The second kappa shape index (κ2) is 7.39. The number of nitrogens with one attached hydrogen (secondary N) is 1. The molecule has 1 amide bonds. The Morgan fingerprint density at radius 1 is 1.47 bits per heavy atom. The Hall–Kier alpha value is -2.06. The average Bonchev–Trinajstić information content (AvgIpc) is 2.38. The maximum absolute atomic E-state index is 11.8. The molecule has 0 aliphatic carbocycles. The molecule has 100 valence electrons. The third-order valence-electron chi connectivity index (χ3n) is 2.44. The molecule has 0 aliphatic rings. The zero-order valence-electron chi connectivity index (χ0n) is 10.2. The normalized spacial score (nSPS) is 9.68. The van der Waals surface area contributed by atoms with E-state index in [2.05, 4.69) is 11.2 Å². The summed E-state index contributed by atoms with van der Waals surface area (Å²) in [6.45, 7) is 0.494. The number of non-ortho nitro benzene ring substituents is 1. The van der Waals surface area contributed by atoms with Gasteiger partial charge in [-0.1, -0.05) is 11.6 Å². The molecule has 0 radical (unpaired) electrons. The van der Waals surface area contributed by atoms with E-state index in [0.29, 0.717) is 13.0 Å². The van der Waals surface area contributed by atoms with Crippen LogP contribution in [0.4, 0.5) is 5.69 Å². The summed E-state index contributed by atoms with van der Waals surface area (Å²) in [6, 6.07) is 3.76. The number of nitrogens with zero attached hydrogens (tertiary/aromatic N) is 1. The number of carbonyl (C=O) groups excluding carboxylic acids is 1. The van der Waals surface area contributed by atoms with E-state index in [4.69, 9.17) is 18.0 Å². The molecule has 19 heavy (non-hydrogen) atoms. The summed E-state index contributed by atoms with van der Waals surface area (Å²) in [5, 5.41) is 13.3. The molecule has 1 aromatic carbocycles. The van der Waals surface area contributed by atoms with Crippen molar-refractivity contribution in [3.8, 4) is 12.3 Å². The minimum atomic E-state index is -0.562. The second-order valence-corrected chi connectivity index (χ2v) is 4.25. The molecule has 0 saturated carbocycles. The molecule has 1 aromatic rings. The molecule has 0 bridgehead atoms. The molecule has 0 aromatic heterocycles. The lowest BCUT2D eigenvalue weighted by Crippen LogP contribution is -2.24. The van der Waals surface area contributed by atoms with Gasteiger partial charge in [0.1, 0.15) is 0 Å². The first-order chi connectivity index (χ1) is 9.06. The first-order valence-electron chi connectivity index (χ1n) is 5.72. The van der Waals surface area contributed by atoms with Crippen LogP contribution in [0, 0.1) is 22.5 Å². The highest BCUT2D eigenvalue weighted by atomic mass is 35.5. The first kappa shape index (κ1) is 15.0. The van der Waals surface area contributed by atoms with E-state index >= 15 is 0 Å². The molecule has 0 atom stereocenters. The Balaban J connectivity index is 2.58. The highest BCUT2D eigenvalue weighted by molar-refractivity contribution is 6.34. The number of carbonyl (C=O) groups is 1. The smallest absolute Gasteiger partial charge is 0.270 e. The highest BCUT2D eigenvalue weighted by Gasteiger charge is 2.14. The van der Waals surface area contributed by atoms with Gasteiger partial charge in [-0.05, 0) is 18.9 Å². The quantitative estimate of drug-likeness (QED) is 0.377. The van der Waals surface area contributed by atoms with Gasteiger partial charge in [0, 0.05) is 25.1 Å². The van der Waals surface area contributed by atoms with Crippen molar-refractivity contribution in [2.24, 2.45) is 0 Å². The monoisotopic (exact) mass is 280 g/mol. The van der Waals surface area contributed by atoms with Crippen molar-refractivity contribution in [1.82, 2.24) is 5.32 Å². The van der Waals surface area contributed by atoms with Crippen molar-refractivity contribution in [3.05, 3.63) is 38.9 Å². The third-order valence-corrected chi connectivity index (χ3v) is 2.75. The number of nitro groups is 1. The van der Waals surface area contributed by atoms with Crippen LogP contribution in [-0.2, 0) is 0 Å². The molecule has 0 spiro atoms. The number of nitro benzene ring substituents is 1. The van der Waals surface area contributed by atoms with Gasteiger partial charge in [0.15, 0.2) is 0 Å². The van der Waals surface area contributed by atoms with Crippen LogP contribution in [0.3, 0.4) is 0 Å². The Morgan fingerprint density at radius 3 is 2.79 bits per heavy atom. The number of terminal acetylenes is 1. The van der Waals surface area contributed by atoms with Gasteiger partial charge >= 0.3 is 0 Å². The van der Waals surface area contributed by atoms with Gasteiger partial charge in [0.2, 0.25) is 0 Å². The van der Waals surface area contributed by atoms with E-state index in [0.717, 1.165) is 18.9 Å². The number of halogens is 1. The number of amides is 1. The first-order valence-corrected chi connectivity index (χ1v) is 6.09. The van der Waals surface area contributed by atoms with E-state index in [1.54, 1.807) is 0 Å². The van der Waals surface area contributed by atoms with Crippen LogP contribution in [0.15, 0.2) is 18.2 Å². The lowest BCUT2D eigenvalue weighted by atomic mass is 10.2. The second-order valence-electron chi connectivity index (χ2n) is 3.84. The van der Waals surface area contributed by atoms with Crippen LogP contribution >= 0.6 is 11.6 Å². The maximum Gasteiger partial charge on any atom is 0.270 e. The van der Waals surface area contributed by atoms with E-state index in [-0.39, 0.29) is 22.2 Å². The van der Waals surface area contributed by atoms with E-state index in [1.807, 2.05) is 0 Å². The molecular weight excluding hydrogens is 268 g/mol. The zero-order chi connectivity index (χ0) is 14.3. The third kappa shape index (κ3) is 4.60. The van der Waals surface area contributed by atoms with Crippen molar-refractivity contribution in [3.63, 3.8) is 0 Å². The van der Waals surface area contributed by atoms with Gasteiger partial charge in [-0.3, -0.25) is 14.9 Å². The number of unbranched alkanes of at least 4 members (excludes halogenated alkanes) is 2. The fraction of sp³-hybridized carbons (Fsp3) is 0.308. The van der Waals surface area contributed by atoms with Crippen LogP contribution in [0.2, 0.25) is 5.02 Å². The molecule has 1 rings (SSSR count). The molecular formula is C13H13ClN2O3. The Bertz CT molecular complexity index is 523. The van der Waals surface area contributed by atoms with E-state index < -0.39 is 4.92 Å². The van der Waals surface area contributed by atoms with Gasteiger partial charge in [-0.15, -0.1) is 12.3 Å². The number of benzene rings is 1. The molecule has 0 heterocycles. The Morgan fingerprint density at radius 2 is 2.21 bits per heavy atom. The fourth-order valence-corrected chi connectivity index (χ4v) is 1.71. The lowest BCUT2D eigenvalue weighted by molar-refractivity contribution is -0.384. The summed E-state index contributed by atoms with van der Waals surface area (Å²) in [4.78, 5) is 21.7. The summed E-state index contributed by atoms with van der Waals surface area (Å²) in [5.41, 5.74) is 0.0831. The standard InChI is InChI=1S/C13H13ClN2O3/c1-2-3-4-5-8-15-13(17)11-7-6-10(16(18)19)9-12(11)14/h1,6-7,9H,3-5,8H2,(H,15,17). The van der Waals surface area contributed by atoms with Crippen molar-refractivity contribution in [2.45, 2.75) is 19.3 Å². The predicted octanol–water partition coefficient (Wildman–Crippen LogP) is 2.78. The summed E-state index contributed by atoms with van der Waals surface area (Å²) in [5.74, 6) is 2.17. The SMILES string of the molecule is C#CCCCCNC(=O)c1ccc([N+](=O)[O-])cc1Cl. The Labute approximate surface area is 116 Å². The highest BCUT2D eigenvalue weighted by Crippen LogP contribution is 2.22. The minimum absolute atomic E-state index is 0.0651. The van der Waals surface area contributed by atoms with Crippen LogP contribution < -0.4 is 5.32 Å². The summed E-state index contributed by atoms with van der Waals surface area (Å²) in [6.07, 6.45) is 7.40. The van der Waals surface area contributed by atoms with Crippen LogP contribution in [0.1, 0.15) is 29.6 Å². The Kier molecular flexibility index (Phi) is 5.83. The molecule has 6 heteroatoms. The van der Waals surface area contributed by atoms with Gasteiger partial charge in [0.05, 0.1) is 15.5 Å². The van der Waals surface area contributed by atoms with Crippen LogP contribution in [-0.4, -0.2) is 17.4 Å². The van der Waals surface area contributed by atoms with Gasteiger partial charge < -0.3 is 5.32 Å². The molecule has 0 unspecified atom stereocenters. The van der Waals surface area contributed by atoms with Gasteiger partial charge in [-0.25, -0.2) is 0 Å². The minimum Gasteiger partial charge on any atom is -0.352 e. The largest absolute Gasteiger partial charge is 0.352 e.